The number of pyridine rings is 1. The average Bonchev–Trinajstić information content (AvgIpc) is 2.38. The van der Waals surface area contributed by atoms with Gasteiger partial charge in [0.25, 0.3) is 5.91 Å². The lowest BCUT2D eigenvalue weighted by atomic mass is 9.98. The number of nitrogens with one attached hydrogen (secondary N) is 1. The summed E-state index contributed by atoms with van der Waals surface area (Å²) in [5, 5.41) is 11.7. The zero-order valence-corrected chi connectivity index (χ0v) is 13.0. The van der Waals surface area contributed by atoms with E-state index in [-0.39, 0.29) is 23.2 Å². The molecule has 0 aromatic carbocycles. The van der Waals surface area contributed by atoms with Crippen molar-refractivity contribution < 1.29 is 19.4 Å². The number of carboxylic acids is 1. The van der Waals surface area contributed by atoms with Gasteiger partial charge in [0.2, 0.25) is 5.88 Å². The number of carboxylic acid groups (broad SMARTS) is 1. The molecule has 2 N–H and O–H groups in total. The van der Waals surface area contributed by atoms with E-state index in [0.717, 1.165) is 0 Å². The largest absolute Gasteiger partial charge is 0.481 e. The third kappa shape index (κ3) is 5.59. The number of aromatic nitrogens is 1. The summed E-state index contributed by atoms with van der Waals surface area (Å²) in [6, 6.07) is 1.47. The lowest BCUT2D eigenvalue weighted by Gasteiger charge is -2.25. The van der Waals surface area contributed by atoms with E-state index in [4.69, 9.17) is 21.4 Å². The van der Waals surface area contributed by atoms with Gasteiger partial charge in [0.15, 0.2) is 0 Å². The van der Waals surface area contributed by atoms with E-state index in [2.05, 4.69) is 10.3 Å². The van der Waals surface area contributed by atoms with Gasteiger partial charge in [-0.25, -0.2) is 4.98 Å². The summed E-state index contributed by atoms with van der Waals surface area (Å²) in [6.45, 7) is 5.76. The predicted octanol–water partition coefficient (Wildman–Crippen LogP) is 2.51. The van der Waals surface area contributed by atoms with Crippen molar-refractivity contribution in [2.75, 3.05) is 6.61 Å². The number of amides is 1. The molecule has 0 fully saturated rings. The summed E-state index contributed by atoms with van der Waals surface area (Å²) < 4.78 is 5.20. The first-order valence-corrected chi connectivity index (χ1v) is 6.95. The predicted molar refractivity (Wildman–Crippen MR) is 78.8 cm³/mol. The number of aliphatic carboxylic acids is 1. The Balaban J connectivity index is 2.75. The Labute approximate surface area is 128 Å². The minimum absolute atomic E-state index is 0.0183. The van der Waals surface area contributed by atoms with Crippen LogP contribution in [0.15, 0.2) is 12.3 Å². The van der Waals surface area contributed by atoms with Crippen molar-refractivity contribution in [3.8, 4) is 5.88 Å². The van der Waals surface area contributed by atoms with Crippen LogP contribution in [-0.4, -0.2) is 34.1 Å². The van der Waals surface area contributed by atoms with Crippen LogP contribution in [-0.2, 0) is 4.79 Å². The molecule has 7 heteroatoms. The lowest BCUT2D eigenvalue weighted by molar-refractivity contribution is -0.137. The average molecular weight is 315 g/mol. The molecule has 0 saturated carbocycles. The van der Waals surface area contributed by atoms with Crippen molar-refractivity contribution in [1.82, 2.24) is 10.3 Å². The van der Waals surface area contributed by atoms with Crippen LogP contribution in [0.25, 0.3) is 0 Å². The number of nitrogens with zero attached hydrogens (tertiary/aromatic N) is 1. The molecule has 0 unspecified atom stereocenters. The number of ether oxygens (including phenoxy) is 1. The van der Waals surface area contributed by atoms with Gasteiger partial charge in [-0.2, -0.15) is 0 Å². The van der Waals surface area contributed by atoms with Crippen LogP contribution >= 0.6 is 11.6 Å². The highest BCUT2D eigenvalue weighted by atomic mass is 35.5. The van der Waals surface area contributed by atoms with E-state index in [1.54, 1.807) is 13.8 Å². The molecule has 116 valence electrons. The molecule has 0 radical (unpaired) electrons. The Morgan fingerprint density at radius 1 is 1.48 bits per heavy atom. The highest BCUT2D eigenvalue weighted by Gasteiger charge is 2.22. The van der Waals surface area contributed by atoms with Gasteiger partial charge < -0.3 is 15.2 Å². The molecule has 0 saturated heterocycles. The molecule has 0 bridgehead atoms. The Bertz CT molecular complexity index is 532. The number of hydrogen-bond donors (Lipinski definition) is 2. The van der Waals surface area contributed by atoms with Gasteiger partial charge in [0.05, 0.1) is 12.2 Å². The fourth-order valence-electron chi connectivity index (χ4n) is 1.65. The van der Waals surface area contributed by atoms with E-state index in [1.165, 1.54) is 12.3 Å². The summed E-state index contributed by atoms with van der Waals surface area (Å²) in [6.07, 6.45) is 1.68. The molecule has 0 spiro atoms. The molecule has 1 rings (SSSR count). The highest BCUT2D eigenvalue weighted by molar-refractivity contribution is 6.32. The van der Waals surface area contributed by atoms with Crippen LogP contribution in [0.4, 0.5) is 0 Å². The van der Waals surface area contributed by atoms with Crippen molar-refractivity contribution in [3.05, 3.63) is 22.8 Å². The maximum atomic E-state index is 12.1. The first kappa shape index (κ1) is 17.2. The van der Waals surface area contributed by atoms with Crippen molar-refractivity contribution in [2.45, 2.75) is 39.2 Å². The molecule has 1 amide bonds. The molecular formula is C14H19ClN2O4. The minimum Gasteiger partial charge on any atom is -0.481 e. The Morgan fingerprint density at radius 3 is 2.67 bits per heavy atom. The van der Waals surface area contributed by atoms with Crippen molar-refractivity contribution >= 4 is 23.5 Å². The van der Waals surface area contributed by atoms with Crippen molar-refractivity contribution in [2.24, 2.45) is 0 Å². The standard InChI is InChI=1S/C14H19ClN2O4/c1-4-21-13-10(15)7-9(8-16-13)12(20)17-14(2,3)6-5-11(18)19/h7-8H,4-6H2,1-3H3,(H,17,20)(H,18,19). The third-order valence-corrected chi connectivity index (χ3v) is 3.04. The Hall–Kier alpha value is -1.82. The zero-order chi connectivity index (χ0) is 16.0. The van der Waals surface area contributed by atoms with Crippen LogP contribution in [0.3, 0.4) is 0 Å². The smallest absolute Gasteiger partial charge is 0.303 e. The van der Waals surface area contributed by atoms with Crippen LogP contribution in [0.5, 0.6) is 5.88 Å². The molecule has 21 heavy (non-hydrogen) atoms. The molecular weight excluding hydrogens is 296 g/mol. The molecule has 1 aromatic heterocycles. The van der Waals surface area contributed by atoms with E-state index in [9.17, 15) is 9.59 Å². The molecule has 6 nitrogen and oxygen atoms in total. The third-order valence-electron chi connectivity index (χ3n) is 2.77. The zero-order valence-electron chi connectivity index (χ0n) is 12.3. The number of halogens is 1. The van der Waals surface area contributed by atoms with Gasteiger partial charge in [-0.15, -0.1) is 0 Å². The van der Waals surface area contributed by atoms with Crippen LogP contribution in [0.2, 0.25) is 5.02 Å². The minimum atomic E-state index is -0.900. The Morgan fingerprint density at radius 2 is 2.14 bits per heavy atom. The van der Waals surface area contributed by atoms with Crippen LogP contribution in [0, 0.1) is 0 Å². The monoisotopic (exact) mass is 314 g/mol. The van der Waals surface area contributed by atoms with Gasteiger partial charge in [-0.1, -0.05) is 11.6 Å². The molecule has 0 atom stereocenters. The maximum absolute atomic E-state index is 12.1. The van der Waals surface area contributed by atoms with Gasteiger partial charge in [-0.05, 0) is 33.3 Å². The SMILES string of the molecule is CCOc1ncc(C(=O)NC(C)(C)CCC(=O)O)cc1Cl. The molecule has 0 aliphatic rings. The summed E-state index contributed by atoms with van der Waals surface area (Å²) in [4.78, 5) is 26.7. The fourth-order valence-corrected chi connectivity index (χ4v) is 1.87. The number of hydrogen-bond acceptors (Lipinski definition) is 4. The Kier molecular flexibility index (Phi) is 5.96. The summed E-state index contributed by atoms with van der Waals surface area (Å²) in [5.74, 6) is -0.980. The van der Waals surface area contributed by atoms with Crippen molar-refractivity contribution in [1.29, 1.82) is 0 Å². The maximum Gasteiger partial charge on any atom is 0.303 e. The second kappa shape index (κ2) is 7.26. The number of carbonyl (C=O) groups excluding carboxylic acids is 1. The molecule has 1 aromatic rings. The first-order chi connectivity index (χ1) is 9.75. The summed E-state index contributed by atoms with van der Waals surface area (Å²) in [7, 11) is 0. The van der Waals surface area contributed by atoms with E-state index < -0.39 is 11.5 Å². The van der Waals surface area contributed by atoms with Gasteiger partial charge in [-0.3, -0.25) is 9.59 Å². The van der Waals surface area contributed by atoms with Crippen LogP contribution in [0.1, 0.15) is 44.0 Å². The second-order valence-electron chi connectivity index (χ2n) is 5.18. The van der Waals surface area contributed by atoms with E-state index in [1.807, 2.05) is 6.92 Å². The fraction of sp³-hybridized carbons (Fsp3) is 0.500. The topological polar surface area (TPSA) is 88.5 Å². The molecule has 0 aliphatic carbocycles. The molecule has 1 heterocycles. The van der Waals surface area contributed by atoms with Gasteiger partial charge in [0.1, 0.15) is 5.02 Å². The highest BCUT2D eigenvalue weighted by Crippen LogP contribution is 2.22. The van der Waals surface area contributed by atoms with Gasteiger partial charge in [0, 0.05) is 18.2 Å². The van der Waals surface area contributed by atoms with E-state index in [0.29, 0.717) is 18.6 Å². The normalized spacial score (nSPS) is 11.0. The second-order valence-corrected chi connectivity index (χ2v) is 5.58. The van der Waals surface area contributed by atoms with Crippen LogP contribution < -0.4 is 10.1 Å². The first-order valence-electron chi connectivity index (χ1n) is 6.58. The quantitative estimate of drug-likeness (QED) is 0.807. The number of rotatable bonds is 7. The number of carbonyl (C=O) groups is 2. The van der Waals surface area contributed by atoms with E-state index >= 15 is 0 Å². The van der Waals surface area contributed by atoms with Crippen molar-refractivity contribution in [3.63, 3.8) is 0 Å². The summed E-state index contributed by atoms with van der Waals surface area (Å²) in [5.41, 5.74) is -0.340. The molecule has 0 aliphatic heterocycles. The van der Waals surface area contributed by atoms with Gasteiger partial charge >= 0.3 is 5.97 Å². The summed E-state index contributed by atoms with van der Waals surface area (Å²) >= 11 is 5.98. The lowest BCUT2D eigenvalue weighted by Crippen LogP contribution is -2.43.